The maximum absolute atomic E-state index is 13.1. The molecule has 1 saturated heterocycles. The van der Waals surface area contributed by atoms with Crippen molar-refractivity contribution in [1.29, 1.82) is 5.26 Å². The van der Waals surface area contributed by atoms with Gasteiger partial charge in [-0.3, -0.25) is 9.36 Å². The van der Waals surface area contributed by atoms with Crippen LogP contribution in [0.4, 0.5) is 0 Å². The van der Waals surface area contributed by atoms with Crippen LogP contribution in [0.2, 0.25) is 0 Å². The zero-order valence-electron chi connectivity index (χ0n) is 13.0. The quantitative estimate of drug-likeness (QED) is 0.810. The number of aromatic nitrogens is 2. The van der Waals surface area contributed by atoms with Crippen LogP contribution in [0.3, 0.4) is 0 Å². The number of fused-ring (bicyclic) bond motifs is 5. The van der Waals surface area contributed by atoms with Gasteiger partial charge in [0.15, 0.2) is 5.69 Å². The third-order valence-corrected chi connectivity index (χ3v) is 4.96. The first-order valence-corrected chi connectivity index (χ1v) is 7.58. The van der Waals surface area contributed by atoms with Crippen LogP contribution in [0.25, 0.3) is 5.69 Å². The number of benzene rings is 1. The Kier molecular flexibility index (Phi) is 2.76. The van der Waals surface area contributed by atoms with Crippen molar-refractivity contribution in [1.82, 2.24) is 14.5 Å². The van der Waals surface area contributed by atoms with Gasteiger partial charge >= 0.3 is 0 Å². The molecule has 0 N–H and O–H groups in total. The summed E-state index contributed by atoms with van der Waals surface area (Å²) in [6.45, 7) is 2.71. The maximum atomic E-state index is 13.1. The van der Waals surface area contributed by atoms with Crippen LogP contribution in [0.15, 0.2) is 24.5 Å². The lowest BCUT2D eigenvalue weighted by molar-refractivity contribution is 0.0620. The van der Waals surface area contributed by atoms with Gasteiger partial charge in [0.05, 0.1) is 29.6 Å². The molecule has 0 aliphatic carbocycles. The van der Waals surface area contributed by atoms with Crippen LogP contribution in [-0.2, 0) is 5.54 Å². The number of hydrogen-bond donors (Lipinski definition) is 0. The minimum atomic E-state index is -0.509. The van der Waals surface area contributed by atoms with Crippen LogP contribution in [0.1, 0.15) is 41.5 Å². The molecule has 0 spiro atoms. The van der Waals surface area contributed by atoms with Gasteiger partial charge in [0.1, 0.15) is 18.1 Å². The number of ether oxygens (including phenoxy) is 1. The van der Waals surface area contributed by atoms with Crippen molar-refractivity contribution in [3.05, 3.63) is 41.5 Å². The fourth-order valence-corrected chi connectivity index (χ4v) is 3.83. The minimum Gasteiger partial charge on any atom is -0.497 e. The predicted molar refractivity (Wildman–Crippen MR) is 82.5 cm³/mol. The molecular formula is C17H16N4O2. The number of amides is 1. The molecule has 2 aliphatic heterocycles. The third-order valence-electron chi connectivity index (χ3n) is 4.96. The molecule has 1 atom stereocenters. The highest BCUT2D eigenvalue weighted by atomic mass is 16.5. The van der Waals surface area contributed by atoms with Crippen molar-refractivity contribution in [2.45, 2.75) is 25.3 Å². The van der Waals surface area contributed by atoms with Gasteiger partial charge in [0.2, 0.25) is 0 Å². The number of methoxy groups -OCH3 is 1. The lowest BCUT2D eigenvalue weighted by Gasteiger charge is -2.33. The second-order valence-electron chi connectivity index (χ2n) is 6.14. The van der Waals surface area contributed by atoms with Crippen molar-refractivity contribution in [3.8, 4) is 17.5 Å². The molecule has 0 bridgehead atoms. The fraction of sp³-hybridized carbons (Fsp3) is 0.353. The van der Waals surface area contributed by atoms with Crippen LogP contribution in [-0.4, -0.2) is 34.0 Å². The highest BCUT2D eigenvalue weighted by Crippen LogP contribution is 2.44. The van der Waals surface area contributed by atoms with E-state index in [4.69, 9.17) is 4.74 Å². The second kappa shape index (κ2) is 4.59. The number of imidazole rings is 1. The maximum Gasteiger partial charge on any atom is 0.256 e. The highest BCUT2D eigenvalue weighted by molar-refractivity contribution is 5.99. The van der Waals surface area contributed by atoms with Crippen molar-refractivity contribution in [2.75, 3.05) is 13.7 Å². The van der Waals surface area contributed by atoms with E-state index in [1.165, 1.54) is 0 Å². The lowest BCUT2D eigenvalue weighted by atomic mass is 9.93. The van der Waals surface area contributed by atoms with E-state index in [1.54, 1.807) is 19.5 Å². The van der Waals surface area contributed by atoms with Gasteiger partial charge in [0.25, 0.3) is 5.91 Å². The summed E-state index contributed by atoms with van der Waals surface area (Å²) in [5, 5.41) is 9.46. The van der Waals surface area contributed by atoms with Crippen molar-refractivity contribution >= 4 is 5.91 Å². The molecule has 116 valence electrons. The van der Waals surface area contributed by atoms with Gasteiger partial charge in [-0.05, 0) is 38.0 Å². The van der Waals surface area contributed by atoms with Gasteiger partial charge in [-0.25, -0.2) is 4.98 Å². The number of nitriles is 1. The van der Waals surface area contributed by atoms with E-state index in [-0.39, 0.29) is 5.91 Å². The summed E-state index contributed by atoms with van der Waals surface area (Å²) >= 11 is 0. The first kappa shape index (κ1) is 13.8. The largest absolute Gasteiger partial charge is 0.497 e. The Hall–Kier alpha value is -2.81. The molecule has 1 aromatic heterocycles. The number of rotatable bonds is 1. The van der Waals surface area contributed by atoms with Gasteiger partial charge in [-0.15, -0.1) is 0 Å². The highest BCUT2D eigenvalue weighted by Gasteiger charge is 2.47. The monoisotopic (exact) mass is 308 g/mol. The molecule has 0 saturated carbocycles. The predicted octanol–water partition coefficient (Wildman–Crippen LogP) is 2.22. The van der Waals surface area contributed by atoms with E-state index < -0.39 is 5.54 Å². The van der Waals surface area contributed by atoms with Gasteiger partial charge < -0.3 is 9.64 Å². The Morgan fingerprint density at radius 3 is 3.00 bits per heavy atom. The smallest absolute Gasteiger partial charge is 0.256 e. The average molecular weight is 308 g/mol. The molecule has 1 amide bonds. The molecule has 4 rings (SSSR count). The van der Waals surface area contributed by atoms with Gasteiger partial charge in [-0.1, -0.05) is 0 Å². The minimum absolute atomic E-state index is 0.0218. The van der Waals surface area contributed by atoms with E-state index in [0.717, 1.165) is 24.2 Å². The summed E-state index contributed by atoms with van der Waals surface area (Å²) in [5.41, 5.74) is 2.00. The van der Waals surface area contributed by atoms with Crippen LogP contribution in [0, 0.1) is 11.3 Å². The number of hydrogen-bond acceptors (Lipinski definition) is 4. The van der Waals surface area contributed by atoms with Crippen molar-refractivity contribution in [3.63, 3.8) is 0 Å². The van der Waals surface area contributed by atoms with E-state index in [9.17, 15) is 10.1 Å². The number of carbonyl (C=O) groups is 1. The Morgan fingerprint density at radius 1 is 1.43 bits per heavy atom. The SMILES string of the molecule is COc1ccc2c(c1)C(=O)N1CCC[C@@]1(C)c1c(C#N)ncn1-2. The third kappa shape index (κ3) is 1.67. The standard InChI is InChI=1S/C17H16N4O2/c1-17-6-3-7-21(17)16(22)12-8-11(23-2)4-5-14(12)20-10-19-13(9-18)15(17)20/h4-5,8,10H,3,6-7H2,1-2H3/t17-/m0/s1. The molecule has 6 heteroatoms. The van der Waals surface area contributed by atoms with Gasteiger partial charge in [0, 0.05) is 6.54 Å². The molecule has 6 nitrogen and oxygen atoms in total. The molecule has 2 aromatic rings. The molecule has 0 unspecified atom stereocenters. The van der Waals surface area contributed by atoms with Gasteiger partial charge in [-0.2, -0.15) is 5.26 Å². The summed E-state index contributed by atoms with van der Waals surface area (Å²) < 4.78 is 7.16. The summed E-state index contributed by atoms with van der Waals surface area (Å²) in [6.07, 6.45) is 3.38. The molecule has 2 aliphatic rings. The molecule has 0 radical (unpaired) electrons. The molecular weight excluding hydrogens is 292 g/mol. The van der Waals surface area contributed by atoms with E-state index in [1.807, 2.05) is 28.5 Å². The molecule has 23 heavy (non-hydrogen) atoms. The zero-order chi connectivity index (χ0) is 16.2. The zero-order valence-corrected chi connectivity index (χ0v) is 13.0. The van der Waals surface area contributed by atoms with E-state index >= 15 is 0 Å². The van der Waals surface area contributed by atoms with Crippen LogP contribution >= 0.6 is 0 Å². The fourth-order valence-electron chi connectivity index (χ4n) is 3.83. The van der Waals surface area contributed by atoms with E-state index in [2.05, 4.69) is 11.1 Å². The Bertz CT molecular complexity index is 864. The summed E-state index contributed by atoms with van der Waals surface area (Å²) in [4.78, 5) is 19.2. The molecule has 1 fully saturated rings. The van der Waals surface area contributed by atoms with Crippen molar-refractivity contribution < 1.29 is 9.53 Å². The molecule has 1 aromatic carbocycles. The normalized spacial score (nSPS) is 22.0. The van der Waals surface area contributed by atoms with Crippen LogP contribution in [0.5, 0.6) is 5.75 Å². The first-order chi connectivity index (χ1) is 11.1. The Labute approximate surface area is 133 Å². The van der Waals surface area contributed by atoms with Crippen molar-refractivity contribution in [2.24, 2.45) is 0 Å². The summed E-state index contributed by atoms with van der Waals surface area (Å²) in [6, 6.07) is 7.61. The Morgan fingerprint density at radius 2 is 2.26 bits per heavy atom. The Balaban J connectivity index is 2.07. The second-order valence-corrected chi connectivity index (χ2v) is 6.14. The average Bonchev–Trinajstić information content (AvgIpc) is 3.16. The van der Waals surface area contributed by atoms with E-state index in [0.29, 0.717) is 23.6 Å². The topological polar surface area (TPSA) is 71.2 Å². The number of nitrogens with zero attached hydrogens (tertiary/aromatic N) is 4. The summed E-state index contributed by atoms with van der Waals surface area (Å²) in [5.74, 6) is 0.619. The number of carbonyl (C=O) groups excluding carboxylic acids is 1. The molecule has 3 heterocycles. The lowest BCUT2D eigenvalue weighted by Crippen LogP contribution is -2.42. The summed E-state index contributed by atoms with van der Waals surface area (Å²) in [7, 11) is 1.58. The first-order valence-electron chi connectivity index (χ1n) is 7.58. The van der Waals surface area contributed by atoms with Crippen LogP contribution < -0.4 is 4.74 Å².